The van der Waals surface area contributed by atoms with Crippen molar-refractivity contribution in [3.63, 3.8) is 0 Å². The Morgan fingerprint density at radius 1 is 0.736 bits per heavy atom. The lowest BCUT2D eigenvalue weighted by Gasteiger charge is -2.27. The lowest BCUT2D eigenvalue weighted by Crippen LogP contribution is -2.37. The highest BCUT2D eigenvalue weighted by Gasteiger charge is 2.26. The Kier molecular flexibility index (Phi) is 9.20. The SMILES string of the molecule is CCOC(=O)c1c(=O)c2cc(Cl)nnc2n2c1sc1ccccc12.CCOC(=O)c1c(=O)c2cc(N3CCOCC3)nnc2n2c1sc1ccccc12. The molecule has 8 aromatic rings. The zero-order chi connectivity index (χ0) is 36.8. The maximum absolute atomic E-state index is 13.4. The molecule has 7 heterocycles. The number of aromatic nitrogens is 6. The summed E-state index contributed by atoms with van der Waals surface area (Å²) in [5.41, 5.74) is 1.72. The molecule has 1 fully saturated rings. The fourth-order valence-electron chi connectivity index (χ4n) is 6.30. The third kappa shape index (κ3) is 5.93. The van der Waals surface area contributed by atoms with E-state index in [2.05, 4.69) is 20.4 Å². The summed E-state index contributed by atoms with van der Waals surface area (Å²) in [5, 5.41) is 17.4. The number of benzene rings is 2. The van der Waals surface area contributed by atoms with E-state index in [0.717, 1.165) is 20.4 Å². The standard InChI is InChI=1S/C20H18N4O4S.C16H10ClN3O3S/c1-2-28-20(26)16-17(25)12-11-15(23-7-9-27-10-8-23)21-22-18(12)24-13-5-3-4-6-14(13)29-19(16)24;1-2-23-16(22)12-13(21)8-7-11(17)18-19-14(8)20-9-5-3-4-6-10(9)24-15(12)20/h3-6,11H,2,7-10H2,1H3;3-7H,2H2,1H3. The van der Waals surface area contributed by atoms with Gasteiger partial charge in [0, 0.05) is 13.1 Å². The summed E-state index contributed by atoms with van der Waals surface area (Å²) in [5.74, 6) is -0.665. The molecule has 0 N–H and O–H groups in total. The average molecular weight is 770 g/mol. The van der Waals surface area contributed by atoms with E-state index in [9.17, 15) is 19.2 Å². The van der Waals surface area contributed by atoms with Gasteiger partial charge in [-0.15, -0.1) is 43.1 Å². The monoisotopic (exact) mass is 769 g/mol. The summed E-state index contributed by atoms with van der Waals surface area (Å²) in [6, 6.07) is 18.5. The second-order valence-electron chi connectivity index (χ2n) is 11.7. The van der Waals surface area contributed by atoms with E-state index in [4.69, 9.17) is 25.8 Å². The van der Waals surface area contributed by atoms with Crippen LogP contribution < -0.4 is 15.8 Å². The second kappa shape index (κ2) is 14.1. The number of nitrogens with zero attached hydrogens (tertiary/aromatic N) is 7. The number of carbonyl (C=O) groups is 2. The van der Waals surface area contributed by atoms with Crippen LogP contribution in [0, 0.1) is 0 Å². The Morgan fingerprint density at radius 2 is 1.23 bits per heavy atom. The Balaban J connectivity index is 0.000000154. The molecule has 0 bridgehead atoms. The Labute approximate surface area is 311 Å². The van der Waals surface area contributed by atoms with E-state index >= 15 is 0 Å². The molecule has 0 unspecified atom stereocenters. The number of ether oxygens (including phenoxy) is 3. The van der Waals surface area contributed by atoms with Crippen molar-refractivity contribution in [3.8, 4) is 0 Å². The maximum atomic E-state index is 13.4. The van der Waals surface area contributed by atoms with E-state index in [1.165, 1.54) is 28.7 Å². The van der Waals surface area contributed by atoms with Gasteiger partial charge in [0.15, 0.2) is 22.3 Å². The molecule has 17 heteroatoms. The van der Waals surface area contributed by atoms with Gasteiger partial charge in [-0.3, -0.25) is 18.4 Å². The first kappa shape index (κ1) is 34.5. The number of pyridine rings is 2. The number of rotatable bonds is 5. The molecule has 1 aliphatic rings. The summed E-state index contributed by atoms with van der Waals surface area (Å²) >= 11 is 8.60. The number of halogens is 1. The molecule has 0 radical (unpaired) electrons. The van der Waals surface area contributed by atoms with Gasteiger partial charge in [-0.25, -0.2) is 9.59 Å². The van der Waals surface area contributed by atoms with Crippen molar-refractivity contribution < 1.29 is 23.8 Å². The molecule has 268 valence electrons. The van der Waals surface area contributed by atoms with E-state index in [-0.39, 0.29) is 40.3 Å². The minimum Gasteiger partial charge on any atom is -0.462 e. The fraction of sp³-hybridized carbons (Fsp3) is 0.222. The van der Waals surface area contributed by atoms with Crippen LogP contribution in [0.25, 0.3) is 52.2 Å². The van der Waals surface area contributed by atoms with Crippen LogP contribution in [0.4, 0.5) is 5.82 Å². The van der Waals surface area contributed by atoms with E-state index < -0.39 is 17.4 Å². The van der Waals surface area contributed by atoms with Gasteiger partial charge < -0.3 is 19.1 Å². The molecule has 1 saturated heterocycles. The number of esters is 2. The van der Waals surface area contributed by atoms with E-state index in [1.807, 2.05) is 57.8 Å². The molecule has 9 rings (SSSR count). The van der Waals surface area contributed by atoms with Crippen LogP contribution >= 0.6 is 34.3 Å². The normalized spacial score (nSPS) is 13.2. The summed E-state index contributed by atoms with van der Waals surface area (Å²) in [6.45, 7) is 6.35. The summed E-state index contributed by atoms with van der Waals surface area (Å²) in [4.78, 5) is 54.3. The van der Waals surface area contributed by atoms with Crippen LogP contribution in [0.5, 0.6) is 0 Å². The number of hydrogen-bond acceptors (Lipinski definition) is 14. The van der Waals surface area contributed by atoms with Gasteiger partial charge >= 0.3 is 11.9 Å². The van der Waals surface area contributed by atoms with Gasteiger partial charge in [-0.2, -0.15) is 0 Å². The minimum absolute atomic E-state index is 0.00498. The number of fused-ring (bicyclic) bond motifs is 10. The largest absolute Gasteiger partial charge is 0.462 e. The van der Waals surface area contributed by atoms with Crippen molar-refractivity contribution in [3.05, 3.63) is 97.4 Å². The highest BCUT2D eigenvalue weighted by molar-refractivity contribution is 7.24. The lowest BCUT2D eigenvalue weighted by atomic mass is 10.2. The van der Waals surface area contributed by atoms with Crippen LogP contribution in [-0.2, 0) is 14.2 Å². The number of hydrogen-bond donors (Lipinski definition) is 0. The van der Waals surface area contributed by atoms with Crippen LogP contribution in [0.15, 0.2) is 70.3 Å². The molecule has 0 atom stereocenters. The van der Waals surface area contributed by atoms with Gasteiger partial charge in [0.2, 0.25) is 10.9 Å². The molecular weight excluding hydrogens is 742 g/mol. The predicted octanol–water partition coefficient (Wildman–Crippen LogP) is 5.76. The van der Waals surface area contributed by atoms with E-state index in [0.29, 0.717) is 58.5 Å². The molecule has 0 saturated carbocycles. The molecular formula is C36H28ClN7O7S2. The van der Waals surface area contributed by atoms with Crippen molar-refractivity contribution in [2.24, 2.45) is 0 Å². The van der Waals surface area contributed by atoms with Crippen LogP contribution in [0.3, 0.4) is 0 Å². The summed E-state index contributed by atoms with van der Waals surface area (Å²) in [7, 11) is 0. The zero-order valence-electron chi connectivity index (χ0n) is 28.2. The number of anilines is 1. The van der Waals surface area contributed by atoms with Crippen molar-refractivity contribution in [2.75, 3.05) is 44.4 Å². The minimum atomic E-state index is -0.651. The van der Waals surface area contributed by atoms with Crippen molar-refractivity contribution in [2.45, 2.75) is 13.8 Å². The lowest BCUT2D eigenvalue weighted by molar-refractivity contribution is 0.0517. The molecule has 2 aromatic carbocycles. The van der Waals surface area contributed by atoms with Crippen molar-refractivity contribution in [1.29, 1.82) is 0 Å². The molecule has 53 heavy (non-hydrogen) atoms. The first-order valence-electron chi connectivity index (χ1n) is 16.6. The van der Waals surface area contributed by atoms with Gasteiger partial charge in [-0.05, 0) is 50.2 Å². The van der Waals surface area contributed by atoms with Crippen LogP contribution in [0.2, 0.25) is 5.15 Å². The summed E-state index contributed by atoms with van der Waals surface area (Å²) in [6.07, 6.45) is 0. The molecule has 0 amide bonds. The average Bonchev–Trinajstić information content (AvgIpc) is 3.75. The fourth-order valence-corrected chi connectivity index (χ4v) is 8.79. The van der Waals surface area contributed by atoms with Crippen molar-refractivity contribution >= 4 is 104 Å². The predicted molar refractivity (Wildman–Crippen MR) is 204 cm³/mol. The molecule has 0 aliphatic carbocycles. The Bertz CT molecular complexity index is 2880. The van der Waals surface area contributed by atoms with Crippen molar-refractivity contribution in [1.82, 2.24) is 29.2 Å². The van der Waals surface area contributed by atoms with Gasteiger partial charge in [0.25, 0.3) is 0 Å². The van der Waals surface area contributed by atoms with Gasteiger partial charge in [0.05, 0.1) is 57.6 Å². The van der Waals surface area contributed by atoms with Crippen LogP contribution in [0.1, 0.15) is 34.6 Å². The highest BCUT2D eigenvalue weighted by Crippen LogP contribution is 2.32. The molecule has 14 nitrogen and oxygen atoms in total. The number of morpholine rings is 1. The number of para-hydroxylation sites is 2. The van der Waals surface area contributed by atoms with Crippen LogP contribution in [-0.4, -0.2) is 80.7 Å². The third-order valence-electron chi connectivity index (χ3n) is 8.63. The topological polar surface area (TPSA) is 160 Å². The molecule has 1 aliphatic heterocycles. The highest BCUT2D eigenvalue weighted by atomic mass is 35.5. The van der Waals surface area contributed by atoms with E-state index in [1.54, 1.807) is 24.3 Å². The third-order valence-corrected chi connectivity index (χ3v) is 11.1. The number of carbonyl (C=O) groups excluding carboxylic acids is 2. The smallest absolute Gasteiger partial charge is 0.345 e. The van der Waals surface area contributed by atoms with Gasteiger partial charge in [-0.1, -0.05) is 35.9 Å². The quantitative estimate of drug-likeness (QED) is 0.195. The zero-order valence-corrected chi connectivity index (χ0v) is 30.6. The Morgan fingerprint density at radius 3 is 1.75 bits per heavy atom. The van der Waals surface area contributed by atoms with Gasteiger partial charge in [0.1, 0.15) is 20.8 Å². The molecule has 6 aromatic heterocycles. The molecule has 0 spiro atoms. The first-order chi connectivity index (χ1) is 25.8. The second-order valence-corrected chi connectivity index (χ2v) is 14.2. The summed E-state index contributed by atoms with van der Waals surface area (Å²) < 4.78 is 21.1. The Hall–Kier alpha value is -5.55. The first-order valence-corrected chi connectivity index (χ1v) is 18.6. The maximum Gasteiger partial charge on any atom is 0.345 e. The number of thiazole rings is 2.